The SMILES string of the molecule is Cl.NCC1CN(c2ccc(N3CCOCC3)c(F)c2)C(=O)O1. The summed E-state index contributed by atoms with van der Waals surface area (Å²) >= 11 is 0. The predicted octanol–water partition coefficient (Wildman–Crippen LogP) is 1.37. The van der Waals surface area contributed by atoms with Crippen LogP contribution in [-0.4, -0.2) is 51.6 Å². The highest BCUT2D eigenvalue weighted by atomic mass is 35.5. The van der Waals surface area contributed by atoms with Gasteiger partial charge in [0.15, 0.2) is 0 Å². The van der Waals surface area contributed by atoms with Gasteiger partial charge in [-0.1, -0.05) is 0 Å². The minimum atomic E-state index is -0.482. The summed E-state index contributed by atoms with van der Waals surface area (Å²) in [6, 6.07) is 4.79. The smallest absolute Gasteiger partial charge is 0.414 e. The lowest BCUT2D eigenvalue weighted by Gasteiger charge is -2.29. The number of halogens is 2. The topological polar surface area (TPSA) is 68.0 Å². The number of benzene rings is 1. The van der Waals surface area contributed by atoms with Crippen LogP contribution in [0.1, 0.15) is 0 Å². The van der Waals surface area contributed by atoms with E-state index in [4.69, 9.17) is 15.2 Å². The van der Waals surface area contributed by atoms with Gasteiger partial charge in [0.25, 0.3) is 0 Å². The van der Waals surface area contributed by atoms with E-state index in [0.717, 1.165) is 0 Å². The summed E-state index contributed by atoms with van der Waals surface area (Å²) in [4.78, 5) is 15.1. The Balaban J connectivity index is 0.00000176. The van der Waals surface area contributed by atoms with Crippen molar-refractivity contribution in [2.24, 2.45) is 5.73 Å². The zero-order valence-electron chi connectivity index (χ0n) is 12.0. The van der Waals surface area contributed by atoms with Gasteiger partial charge in [0, 0.05) is 19.6 Å². The summed E-state index contributed by atoms with van der Waals surface area (Å²) < 4.78 is 24.6. The first kappa shape index (κ1) is 16.8. The van der Waals surface area contributed by atoms with E-state index < -0.39 is 6.09 Å². The lowest BCUT2D eigenvalue weighted by atomic mass is 10.2. The summed E-state index contributed by atoms with van der Waals surface area (Å²) in [5, 5.41) is 0. The summed E-state index contributed by atoms with van der Waals surface area (Å²) in [6.07, 6.45) is -0.816. The van der Waals surface area contributed by atoms with Gasteiger partial charge in [-0.2, -0.15) is 0 Å². The maximum atomic E-state index is 14.3. The molecule has 0 radical (unpaired) electrons. The van der Waals surface area contributed by atoms with Crippen molar-refractivity contribution in [2.45, 2.75) is 6.10 Å². The molecule has 1 atom stereocenters. The van der Waals surface area contributed by atoms with E-state index in [9.17, 15) is 9.18 Å². The van der Waals surface area contributed by atoms with Gasteiger partial charge in [0.2, 0.25) is 0 Å². The number of hydrogen-bond donors (Lipinski definition) is 1. The van der Waals surface area contributed by atoms with E-state index in [1.54, 1.807) is 12.1 Å². The van der Waals surface area contributed by atoms with Crippen LogP contribution in [0, 0.1) is 5.82 Å². The average Bonchev–Trinajstić information content (AvgIpc) is 2.89. The van der Waals surface area contributed by atoms with Crippen molar-refractivity contribution >= 4 is 29.9 Å². The molecule has 1 aromatic rings. The number of cyclic esters (lactones) is 1. The molecule has 0 bridgehead atoms. The van der Waals surface area contributed by atoms with Crippen LogP contribution in [0.4, 0.5) is 20.6 Å². The number of ether oxygens (including phenoxy) is 2. The number of carbonyl (C=O) groups excluding carboxylic acids is 1. The molecule has 2 saturated heterocycles. The zero-order valence-corrected chi connectivity index (χ0v) is 12.9. The number of nitrogens with two attached hydrogens (primary N) is 1. The second-order valence-electron chi connectivity index (χ2n) is 5.09. The molecule has 0 aliphatic carbocycles. The van der Waals surface area contributed by atoms with Crippen LogP contribution < -0.4 is 15.5 Å². The van der Waals surface area contributed by atoms with E-state index in [1.807, 2.05) is 4.90 Å². The number of nitrogens with zero attached hydrogens (tertiary/aromatic N) is 2. The first-order valence-electron chi connectivity index (χ1n) is 6.99. The second kappa shape index (κ2) is 7.13. The Labute approximate surface area is 134 Å². The highest BCUT2D eigenvalue weighted by molar-refractivity contribution is 5.90. The minimum absolute atomic E-state index is 0. The standard InChI is InChI=1S/C14H18FN3O3.ClH/c15-12-7-10(18-9-11(8-16)21-14(18)19)1-2-13(12)17-3-5-20-6-4-17;/h1-2,7,11H,3-6,8-9,16H2;1H. The third-order valence-electron chi connectivity index (χ3n) is 3.73. The lowest BCUT2D eigenvalue weighted by Crippen LogP contribution is -2.36. The van der Waals surface area contributed by atoms with Crippen molar-refractivity contribution in [1.29, 1.82) is 0 Å². The van der Waals surface area contributed by atoms with Crippen LogP contribution in [-0.2, 0) is 9.47 Å². The van der Waals surface area contributed by atoms with Crippen LogP contribution in [0.25, 0.3) is 0 Å². The maximum Gasteiger partial charge on any atom is 0.414 e. The van der Waals surface area contributed by atoms with E-state index in [0.29, 0.717) is 44.2 Å². The molecular formula is C14H19ClFN3O3. The molecule has 2 N–H and O–H groups in total. The molecule has 6 nitrogen and oxygen atoms in total. The van der Waals surface area contributed by atoms with Gasteiger partial charge in [0.05, 0.1) is 31.1 Å². The third-order valence-corrected chi connectivity index (χ3v) is 3.73. The molecule has 0 saturated carbocycles. The van der Waals surface area contributed by atoms with Gasteiger partial charge in [-0.05, 0) is 18.2 Å². The maximum absolute atomic E-state index is 14.3. The molecule has 0 aromatic heterocycles. The zero-order chi connectivity index (χ0) is 14.8. The Bertz CT molecular complexity index is 540. The number of carbonyl (C=O) groups is 1. The molecular weight excluding hydrogens is 313 g/mol. The summed E-state index contributed by atoms with van der Waals surface area (Å²) in [5.41, 5.74) is 6.51. The molecule has 22 heavy (non-hydrogen) atoms. The van der Waals surface area contributed by atoms with Crippen LogP contribution in [0.15, 0.2) is 18.2 Å². The number of amides is 1. The van der Waals surface area contributed by atoms with Crippen molar-refractivity contribution in [1.82, 2.24) is 0 Å². The first-order chi connectivity index (χ1) is 10.2. The largest absolute Gasteiger partial charge is 0.443 e. The Morgan fingerprint density at radius 1 is 1.32 bits per heavy atom. The molecule has 2 fully saturated rings. The van der Waals surface area contributed by atoms with Crippen molar-refractivity contribution < 1.29 is 18.7 Å². The second-order valence-corrected chi connectivity index (χ2v) is 5.09. The fraction of sp³-hybridized carbons (Fsp3) is 0.500. The highest BCUT2D eigenvalue weighted by Crippen LogP contribution is 2.28. The van der Waals surface area contributed by atoms with Gasteiger partial charge < -0.3 is 20.1 Å². The van der Waals surface area contributed by atoms with Gasteiger partial charge in [-0.3, -0.25) is 4.90 Å². The Kier molecular flexibility index (Phi) is 5.44. The van der Waals surface area contributed by atoms with Crippen LogP contribution >= 0.6 is 12.4 Å². The normalized spacial score (nSPS) is 21.5. The highest BCUT2D eigenvalue weighted by Gasteiger charge is 2.32. The number of rotatable bonds is 3. The molecule has 2 aliphatic rings. The third kappa shape index (κ3) is 3.26. The summed E-state index contributed by atoms with van der Waals surface area (Å²) in [5.74, 6) is -0.349. The Morgan fingerprint density at radius 2 is 2.05 bits per heavy atom. The van der Waals surface area contributed by atoms with Crippen molar-refractivity contribution in [3.8, 4) is 0 Å². The molecule has 1 amide bonds. The first-order valence-corrected chi connectivity index (χ1v) is 6.99. The minimum Gasteiger partial charge on any atom is -0.443 e. The van der Waals surface area contributed by atoms with E-state index in [1.165, 1.54) is 11.0 Å². The lowest BCUT2D eigenvalue weighted by molar-refractivity contribution is 0.122. The molecule has 1 unspecified atom stereocenters. The molecule has 122 valence electrons. The van der Waals surface area contributed by atoms with Gasteiger partial charge in [-0.15, -0.1) is 12.4 Å². The van der Waals surface area contributed by atoms with Gasteiger partial charge in [0.1, 0.15) is 11.9 Å². The van der Waals surface area contributed by atoms with Crippen LogP contribution in [0.5, 0.6) is 0 Å². The molecule has 2 heterocycles. The average molecular weight is 332 g/mol. The Hall–Kier alpha value is -1.57. The number of hydrogen-bond acceptors (Lipinski definition) is 5. The fourth-order valence-electron chi connectivity index (χ4n) is 2.58. The summed E-state index contributed by atoms with van der Waals surface area (Å²) in [7, 11) is 0. The van der Waals surface area contributed by atoms with Gasteiger partial charge in [-0.25, -0.2) is 9.18 Å². The summed E-state index contributed by atoms with van der Waals surface area (Å²) in [6.45, 7) is 3.13. The predicted molar refractivity (Wildman–Crippen MR) is 83.3 cm³/mol. The van der Waals surface area contributed by atoms with Crippen LogP contribution in [0.2, 0.25) is 0 Å². The molecule has 3 rings (SSSR count). The Morgan fingerprint density at radius 3 is 2.64 bits per heavy atom. The quantitative estimate of drug-likeness (QED) is 0.906. The van der Waals surface area contributed by atoms with Crippen molar-refractivity contribution in [3.63, 3.8) is 0 Å². The van der Waals surface area contributed by atoms with E-state index in [-0.39, 0.29) is 30.9 Å². The van der Waals surface area contributed by atoms with E-state index >= 15 is 0 Å². The fourth-order valence-corrected chi connectivity index (χ4v) is 2.58. The molecule has 2 aliphatic heterocycles. The van der Waals surface area contributed by atoms with E-state index in [2.05, 4.69) is 0 Å². The van der Waals surface area contributed by atoms with Crippen molar-refractivity contribution in [3.05, 3.63) is 24.0 Å². The van der Waals surface area contributed by atoms with Crippen LogP contribution in [0.3, 0.4) is 0 Å². The number of morpholine rings is 1. The van der Waals surface area contributed by atoms with Gasteiger partial charge >= 0.3 is 6.09 Å². The molecule has 0 spiro atoms. The monoisotopic (exact) mass is 331 g/mol. The van der Waals surface area contributed by atoms with Crippen molar-refractivity contribution in [2.75, 3.05) is 49.2 Å². The molecule has 8 heteroatoms. The molecule has 1 aromatic carbocycles. The number of anilines is 2.